The number of carbonyl (C=O) groups excluding carboxylic acids is 1. The number of nitrogens with one attached hydrogen (secondary N) is 3. The van der Waals surface area contributed by atoms with Crippen molar-refractivity contribution in [3.8, 4) is 11.4 Å². The molecule has 0 saturated carbocycles. The lowest BCUT2D eigenvalue weighted by Gasteiger charge is -2.02. The van der Waals surface area contributed by atoms with Gasteiger partial charge in [-0.15, -0.1) is 0 Å². The van der Waals surface area contributed by atoms with Crippen molar-refractivity contribution < 1.29 is 9.32 Å². The number of aromatic amines is 2. The first kappa shape index (κ1) is 16.8. The van der Waals surface area contributed by atoms with Crippen LogP contribution in [0.15, 0.2) is 58.1 Å². The molecule has 1 amide bonds. The molecule has 4 aromatic rings. The van der Waals surface area contributed by atoms with E-state index >= 15 is 0 Å². The van der Waals surface area contributed by atoms with Gasteiger partial charge in [-0.1, -0.05) is 23.4 Å². The van der Waals surface area contributed by atoms with Crippen LogP contribution in [0.1, 0.15) is 17.9 Å². The number of hydrogen-bond donors (Lipinski definition) is 3. The molecule has 0 aliphatic carbocycles. The van der Waals surface area contributed by atoms with Crippen LogP contribution in [0, 0.1) is 0 Å². The van der Waals surface area contributed by atoms with Gasteiger partial charge in [-0.25, -0.2) is 0 Å². The molecule has 0 bridgehead atoms. The highest BCUT2D eigenvalue weighted by atomic mass is 16.5. The van der Waals surface area contributed by atoms with E-state index in [1.54, 1.807) is 6.07 Å². The summed E-state index contributed by atoms with van der Waals surface area (Å²) in [6, 6.07) is 11.1. The molecule has 0 aliphatic heterocycles. The van der Waals surface area contributed by atoms with Crippen molar-refractivity contribution in [1.82, 2.24) is 25.4 Å². The topological polar surface area (TPSA) is 117 Å². The number of fused-ring (bicyclic) bond motifs is 1. The van der Waals surface area contributed by atoms with Crippen molar-refractivity contribution in [2.45, 2.75) is 19.4 Å². The Labute approximate surface area is 153 Å². The zero-order valence-electron chi connectivity index (χ0n) is 14.4. The van der Waals surface area contributed by atoms with Crippen LogP contribution in [0.25, 0.3) is 22.3 Å². The first-order valence-electron chi connectivity index (χ1n) is 8.52. The van der Waals surface area contributed by atoms with Crippen LogP contribution in [0.3, 0.4) is 0 Å². The second-order valence-electron chi connectivity index (χ2n) is 6.09. The number of aromatic nitrogens is 4. The van der Waals surface area contributed by atoms with Crippen molar-refractivity contribution in [1.29, 1.82) is 0 Å². The molecule has 136 valence electrons. The minimum Gasteiger partial charge on any atom is -0.361 e. The lowest BCUT2D eigenvalue weighted by Crippen LogP contribution is -2.23. The fourth-order valence-electron chi connectivity index (χ4n) is 2.88. The van der Waals surface area contributed by atoms with Crippen LogP contribution in [-0.2, 0) is 17.8 Å². The molecule has 27 heavy (non-hydrogen) atoms. The predicted molar refractivity (Wildman–Crippen MR) is 98.8 cm³/mol. The highest BCUT2D eigenvalue weighted by Crippen LogP contribution is 2.19. The fourth-order valence-corrected chi connectivity index (χ4v) is 2.88. The summed E-state index contributed by atoms with van der Waals surface area (Å²) in [7, 11) is 0. The number of pyridine rings is 1. The van der Waals surface area contributed by atoms with E-state index in [-0.39, 0.29) is 23.9 Å². The Balaban J connectivity index is 1.32. The number of aryl methyl sites for hydroxylation is 1. The fraction of sp³-hybridized carbons (Fsp3) is 0.158. The summed E-state index contributed by atoms with van der Waals surface area (Å²) >= 11 is 0. The van der Waals surface area contributed by atoms with Crippen molar-refractivity contribution in [3.63, 3.8) is 0 Å². The molecule has 0 spiro atoms. The molecule has 4 rings (SSSR count). The maximum absolute atomic E-state index is 12.1. The predicted octanol–water partition coefficient (Wildman–Crippen LogP) is 2.16. The molecular weight excluding hydrogens is 346 g/mol. The largest absolute Gasteiger partial charge is 0.361 e. The normalized spacial score (nSPS) is 11.0. The number of nitrogens with zero attached hydrogens (tertiary/aromatic N) is 2. The minimum atomic E-state index is -0.246. The number of carbonyl (C=O) groups is 1. The summed E-state index contributed by atoms with van der Waals surface area (Å²) in [6.07, 6.45) is 4.44. The molecule has 0 saturated heterocycles. The molecule has 0 aliphatic rings. The third-order valence-corrected chi connectivity index (χ3v) is 4.23. The Bertz CT molecular complexity index is 1140. The molecule has 3 N–H and O–H groups in total. The Morgan fingerprint density at radius 3 is 2.96 bits per heavy atom. The molecule has 3 aromatic heterocycles. The van der Waals surface area contributed by atoms with Gasteiger partial charge in [0.15, 0.2) is 0 Å². The Hall–Kier alpha value is -3.68. The first-order valence-corrected chi connectivity index (χ1v) is 8.52. The number of para-hydroxylation sites is 1. The Kier molecular flexibility index (Phi) is 4.52. The van der Waals surface area contributed by atoms with Gasteiger partial charge in [-0.2, -0.15) is 4.98 Å². The first-order chi connectivity index (χ1) is 13.2. The van der Waals surface area contributed by atoms with Gasteiger partial charge in [0.2, 0.25) is 23.2 Å². The van der Waals surface area contributed by atoms with Crippen molar-refractivity contribution in [2.75, 3.05) is 0 Å². The van der Waals surface area contributed by atoms with Gasteiger partial charge < -0.3 is 19.8 Å². The SMILES string of the molecule is O=C(CCc1c[nH]c2ccccc12)NCc1nc(-c2cc[nH]c(=O)c2)no1. The number of rotatable bonds is 6. The molecule has 8 nitrogen and oxygen atoms in total. The third kappa shape index (κ3) is 3.79. The summed E-state index contributed by atoms with van der Waals surface area (Å²) in [6.45, 7) is 0.142. The summed E-state index contributed by atoms with van der Waals surface area (Å²) in [5.74, 6) is 0.492. The van der Waals surface area contributed by atoms with Crippen LogP contribution in [-0.4, -0.2) is 26.0 Å². The van der Waals surface area contributed by atoms with Gasteiger partial charge in [0.05, 0.1) is 6.54 Å². The average Bonchev–Trinajstić information content (AvgIpc) is 3.32. The van der Waals surface area contributed by atoms with Crippen LogP contribution in [0.5, 0.6) is 0 Å². The van der Waals surface area contributed by atoms with Gasteiger partial charge >= 0.3 is 0 Å². The molecule has 3 heterocycles. The monoisotopic (exact) mass is 363 g/mol. The Morgan fingerprint density at radius 2 is 2.07 bits per heavy atom. The molecule has 0 atom stereocenters. The minimum absolute atomic E-state index is 0.101. The quantitative estimate of drug-likeness (QED) is 0.485. The molecule has 1 aromatic carbocycles. The average molecular weight is 363 g/mol. The molecular formula is C19H17N5O3. The van der Waals surface area contributed by atoms with Crippen molar-refractivity contribution in [2.24, 2.45) is 0 Å². The van der Waals surface area contributed by atoms with E-state index in [0.717, 1.165) is 16.5 Å². The second kappa shape index (κ2) is 7.28. The van der Waals surface area contributed by atoms with Gasteiger partial charge in [0, 0.05) is 41.3 Å². The van der Waals surface area contributed by atoms with E-state index in [9.17, 15) is 9.59 Å². The van der Waals surface area contributed by atoms with Crippen LogP contribution >= 0.6 is 0 Å². The van der Waals surface area contributed by atoms with Gasteiger partial charge in [-0.3, -0.25) is 9.59 Å². The second-order valence-corrected chi connectivity index (χ2v) is 6.09. The van der Waals surface area contributed by atoms with Gasteiger partial charge in [0.25, 0.3) is 0 Å². The summed E-state index contributed by atoms with van der Waals surface area (Å²) in [5, 5.41) is 7.73. The van der Waals surface area contributed by atoms with E-state index in [0.29, 0.717) is 24.2 Å². The van der Waals surface area contributed by atoms with E-state index in [1.807, 2.05) is 30.5 Å². The molecule has 8 heteroatoms. The molecule has 0 radical (unpaired) electrons. The molecule has 0 unspecified atom stereocenters. The Morgan fingerprint density at radius 1 is 1.19 bits per heavy atom. The van der Waals surface area contributed by atoms with E-state index in [4.69, 9.17) is 4.52 Å². The van der Waals surface area contributed by atoms with E-state index in [1.165, 1.54) is 12.3 Å². The highest BCUT2D eigenvalue weighted by Gasteiger charge is 2.11. The molecule has 0 fully saturated rings. The smallest absolute Gasteiger partial charge is 0.248 e. The van der Waals surface area contributed by atoms with Crippen molar-refractivity contribution in [3.05, 3.63) is 70.6 Å². The van der Waals surface area contributed by atoms with Crippen molar-refractivity contribution >= 4 is 16.8 Å². The lowest BCUT2D eigenvalue weighted by atomic mass is 10.1. The maximum atomic E-state index is 12.1. The zero-order chi connectivity index (χ0) is 18.6. The van der Waals surface area contributed by atoms with Gasteiger partial charge in [-0.05, 0) is 24.1 Å². The summed E-state index contributed by atoms with van der Waals surface area (Å²) < 4.78 is 5.12. The number of H-pyrrole nitrogens is 2. The maximum Gasteiger partial charge on any atom is 0.248 e. The summed E-state index contributed by atoms with van der Waals surface area (Å²) in [5.41, 5.74) is 2.48. The number of benzene rings is 1. The lowest BCUT2D eigenvalue weighted by molar-refractivity contribution is -0.121. The zero-order valence-corrected chi connectivity index (χ0v) is 14.4. The number of amides is 1. The van der Waals surface area contributed by atoms with E-state index in [2.05, 4.69) is 25.4 Å². The van der Waals surface area contributed by atoms with Gasteiger partial charge in [0.1, 0.15) is 0 Å². The van der Waals surface area contributed by atoms with Crippen LogP contribution < -0.4 is 10.9 Å². The highest BCUT2D eigenvalue weighted by molar-refractivity contribution is 5.84. The third-order valence-electron chi connectivity index (χ3n) is 4.23. The van der Waals surface area contributed by atoms with E-state index < -0.39 is 0 Å². The van der Waals surface area contributed by atoms with Crippen LogP contribution in [0.2, 0.25) is 0 Å². The number of hydrogen-bond acceptors (Lipinski definition) is 5. The van der Waals surface area contributed by atoms with Crippen LogP contribution in [0.4, 0.5) is 0 Å². The summed E-state index contributed by atoms with van der Waals surface area (Å²) in [4.78, 5) is 33.4. The standard InChI is InChI=1S/C19H17N5O3/c25-16(6-5-13-10-21-15-4-2-1-3-14(13)15)22-11-18-23-19(24-27-18)12-7-8-20-17(26)9-12/h1-4,7-10,21H,5-6,11H2,(H,20,26)(H,22,25).